The van der Waals surface area contributed by atoms with Crippen LogP contribution >= 0.6 is 0 Å². The largest absolute Gasteiger partial charge is 0.494 e. The van der Waals surface area contributed by atoms with Crippen LogP contribution in [-0.2, 0) is 35.9 Å². The molecule has 0 radical (unpaired) electrons. The molecule has 2 atom stereocenters. The Hall–Kier alpha value is -7.22. The van der Waals surface area contributed by atoms with Gasteiger partial charge in [0, 0.05) is 90.8 Å². The van der Waals surface area contributed by atoms with Crippen molar-refractivity contribution < 1.29 is 42.9 Å². The summed E-state index contributed by atoms with van der Waals surface area (Å²) in [4.78, 5) is 72.6. The second-order valence-corrected chi connectivity index (χ2v) is 17.9. The molecule has 0 spiro atoms. The van der Waals surface area contributed by atoms with E-state index in [1.54, 1.807) is 30.6 Å². The molecule has 2 aromatic heterocycles. The van der Waals surface area contributed by atoms with E-state index in [2.05, 4.69) is 46.7 Å². The maximum atomic E-state index is 13.8. The van der Waals surface area contributed by atoms with E-state index in [1.807, 2.05) is 54.6 Å². The Morgan fingerprint density at radius 2 is 1.67 bits per heavy atom. The molecule has 366 valence electrons. The van der Waals surface area contributed by atoms with Gasteiger partial charge in [-0.15, -0.1) is 10.2 Å². The first-order chi connectivity index (χ1) is 34.2. The first-order valence-electron chi connectivity index (χ1n) is 24.1. The molecule has 70 heavy (non-hydrogen) atoms. The number of carbonyl (C=O) groups is 5. The van der Waals surface area contributed by atoms with Crippen LogP contribution in [0.25, 0.3) is 11.4 Å². The molecule has 0 aliphatic carbocycles. The van der Waals surface area contributed by atoms with E-state index < -0.39 is 17.5 Å². The van der Waals surface area contributed by atoms with Crippen molar-refractivity contribution in [1.82, 2.24) is 41.0 Å². The molecule has 2 unspecified atom stereocenters. The summed E-state index contributed by atoms with van der Waals surface area (Å²) in [5.41, 5.74) is 4.18. The number of anilines is 2. The van der Waals surface area contributed by atoms with Crippen LogP contribution in [0.1, 0.15) is 101 Å². The number of hydrogen-bond acceptors (Lipinski definition) is 14. The Morgan fingerprint density at radius 3 is 2.53 bits per heavy atom. The molecule has 2 saturated heterocycles. The third-order valence-electron chi connectivity index (χ3n) is 13.1. The molecule has 6 N–H and O–H groups in total. The number of piperidine rings is 2. The van der Waals surface area contributed by atoms with Gasteiger partial charge in [0.2, 0.25) is 17.7 Å². The van der Waals surface area contributed by atoms with Crippen molar-refractivity contribution in [2.45, 2.75) is 82.0 Å². The number of aromatic nitrogens is 4. The standard InChI is InChI=1S/C51H58N10O9/c62-44-14-12-42(48(65)56-44)61-31-39-37(49(61)66)9-5-10-40(39)54-45(63)32-68-26-6-25-67-24-2-1-3-27-69-36-11-13-43-38(30-36)41(17-28-70-43)55-47(64)34-7-4-8-35(29-34)58-51(18-22-53-23-19-51)50-57-46(59-60-50)33-15-20-52-21-16-33/h4-5,7-11,13,15-16,20-21,29-30,41-42,53,58H,1-3,6,12,14,17-19,22-28,31-32H2,(H,54,63)(H,55,64)(H,56,62,65)(H,57,59,60). The van der Waals surface area contributed by atoms with Gasteiger partial charge in [-0.25, -0.2) is 0 Å². The molecule has 4 aliphatic heterocycles. The highest BCUT2D eigenvalue weighted by atomic mass is 16.5. The molecule has 9 rings (SSSR count). The second kappa shape index (κ2) is 22.5. The summed E-state index contributed by atoms with van der Waals surface area (Å²) in [5, 5.41) is 24.6. The zero-order valence-corrected chi connectivity index (χ0v) is 38.9. The van der Waals surface area contributed by atoms with Crippen molar-refractivity contribution in [3.8, 4) is 22.9 Å². The van der Waals surface area contributed by atoms with Crippen molar-refractivity contribution in [3.05, 3.63) is 113 Å². The summed E-state index contributed by atoms with van der Waals surface area (Å²) in [6.45, 7) is 4.07. The van der Waals surface area contributed by atoms with Crippen LogP contribution in [-0.4, -0.2) is 113 Å². The lowest BCUT2D eigenvalue weighted by molar-refractivity contribution is -0.137. The molecule has 19 nitrogen and oxygen atoms in total. The Morgan fingerprint density at radius 1 is 0.857 bits per heavy atom. The number of carbonyl (C=O) groups excluding carboxylic acids is 5. The summed E-state index contributed by atoms with van der Waals surface area (Å²) < 4.78 is 23.5. The molecule has 2 fully saturated rings. The van der Waals surface area contributed by atoms with E-state index in [-0.39, 0.29) is 55.7 Å². The predicted octanol–water partition coefficient (Wildman–Crippen LogP) is 5.18. The van der Waals surface area contributed by atoms with Gasteiger partial charge in [-0.2, -0.15) is 0 Å². The normalized spacial score (nSPS) is 18.3. The summed E-state index contributed by atoms with van der Waals surface area (Å²) in [5.74, 6) is 1.20. The molecule has 6 heterocycles. The predicted molar refractivity (Wildman–Crippen MR) is 257 cm³/mol. The van der Waals surface area contributed by atoms with Crippen LogP contribution in [0.2, 0.25) is 0 Å². The van der Waals surface area contributed by atoms with Crippen LogP contribution in [0.5, 0.6) is 11.5 Å². The minimum Gasteiger partial charge on any atom is -0.494 e. The van der Waals surface area contributed by atoms with Gasteiger partial charge in [-0.1, -0.05) is 12.1 Å². The number of pyridine rings is 1. The van der Waals surface area contributed by atoms with E-state index in [0.29, 0.717) is 79.8 Å². The molecular formula is C51H58N10O9. The summed E-state index contributed by atoms with van der Waals surface area (Å²) >= 11 is 0. The van der Waals surface area contributed by atoms with Gasteiger partial charge in [0.25, 0.3) is 11.8 Å². The maximum Gasteiger partial charge on any atom is 0.255 e. The van der Waals surface area contributed by atoms with E-state index in [9.17, 15) is 24.0 Å². The van der Waals surface area contributed by atoms with Gasteiger partial charge in [-0.3, -0.25) is 34.3 Å². The van der Waals surface area contributed by atoms with Crippen LogP contribution < -0.4 is 36.1 Å². The molecule has 3 aromatic carbocycles. The number of rotatable bonds is 21. The van der Waals surface area contributed by atoms with Crippen molar-refractivity contribution in [1.29, 1.82) is 0 Å². The summed E-state index contributed by atoms with van der Waals surface area (Å²) in [6, 6.07) is 21.2. The lowest BCUT2D eigenvalue weighted by Gasteiger charge is -2.37. The van der Waals surface area contributed by atoms with Crippen LogP contribution in [0.4, 0.5) is 11.4 Å². The van der Waals surface area contributed by atoms with Crippen LogP contribution in [0.15, 0.2) is 85.2 Å². The Bertz CT molecular complexity index is 2670. The highest BCUT2D eigenvalue weighted by Gasteiger charge is 2.40. The monoisotopic (exact) mass is 954 g/mol. The minimum atomic E-state index is -0.733. The number of fused-ring (bicyclic) bond motifs is 2. The average molecular weight is 955 g/mol. The topological polar surface area (TPSA) is 240 Å². The number of ether oxygens (including phenoxy) is 4. The first-order valence-corrected chi connectivity index (χ1v) is 24.1. The number of unbranched alkanes of at least 4 members (excludes halogenated alkanes) is 2. The summed E-state index contributed by atoms with van der Waals surface area (Å²) in [7, 11) is 0. The van der Waals surface area contributed by atoms with E-state index in [0.717, 1.165) is 73.6 Å². The highest BCUT2D eigenvalue weighted by molar-refractivity contribution is 6.07. The zero-order valence-electron chi connectivity index (χ0n) is 38.9. The Kier molecular flexibility index (Phi) is 15.4. The molecule has 19 heteroatoms. The maximum absolute atomic E-state index is 13.8. The van der Waals surface area contributed by atoms with Gasteiger partial charge in [0.15, 0.2) is 11.6 Å². The van der Waals surface area contributed by atoms with E-state index >= 15 is 0 Å². The third-order valence-corrected chi connectivity index (χ3v) is 13.1. The first kappa shape index (κ1) is 47.8. The van der Waals surface area contributed by atoms with Crippen molar-refractivity contribution in [2.24, 2.45) is 0 Å². The molecular weight excluding hydrogens is 897 g/mol. The minimum absolute atomic E-state index is 0.158. The summed E-state index contributed by atoms with van der Waals surface area (Å²) in [6.07, 6.45) is 9.32. The fourth-order valence-electron chi connectivity index (χ4n) is 9.35. The number of nitrogens with zero attached hydrogens (tertiary/aromatic N) is 4. The number of H-pyrrole nitrogens is 1. The average Bonchev–Trinajstić information content (AvgIpc) is 4.01. The fraction of sp³-hybridized carbons (Fsp3) is 0.412. The van der Waals surface area contributed by atoms with Gasteiger partial charge >= 0.3 is 0 Å². The number of aromatic amines is 1. The highest BCUT2D eigenvalue weighted by Crippen LogP contribution is 2.37. The zero-order chi connectivity index (χ0) is 48.3. The molecule has 4 aliphatic rings. The van der Waals surface area contributed by atoms with Gasteiger partial charge in [0.05, 0.1) is 24.8 Å². The quantitative estimate of drug-likeness (QED) is 0.0411. The van der Waals surface area contributed by atoms with Crippen molar-refractivity contribution in [3.63, 3.8) is 0 Å². The number of nitrogens with one attached hydrogen (secondary N) is 6. The fourth-order valence-corrected chi connectivity index (χ4v) is 9.35. The molecule has 0 bridgehead atoms. The van der Waals surface area contributed by atoms with Gasteiger partial charge in [-0.05, 0) is 119 Å². The van der Waals surface area contributed by atoms with Crippen LogP contribution in [0, 0.1) is 0 Å². The second-order valence-electron chi connectivity index (χ2n) is 17.9. The van der Waals surface area contributed by atoms with Gasteiger partial charge in [0.1, 0.15) is 24.1 Å². The van der Waals surface area contributed by atoms with Crippen molar-refractivity contribution >= 4 is 40.9 Å². The third kappa shape index (κ3) is 11.4. The lowest BCUT2D eigenvalue weighted by Crippen LogP contribution is -2.52. The molecule has 0 saturated carbocycles. The smallest absolute Gasteiger partial charge is 0.255 e. The van der Waals surface area contributed by atoms with E-state index in [4.69, 9.17) is 18.9 Å². The number of benzene rings is 3. The lowest BCUT2D eigenvalue weighted by atomic mass is 9.87. The Labute approximate surface area is 405 Å². The Balaban J connectivity index is 0.665. The molecule has 5 amide bonds. The SMILES string of the molecule is O=C1CCC(N2Cc3c(NC(=O)COCCCOCCCCCOc4ccc5c(c4)C(NC(=O)c4cccc(NC6(c7nnc(-c8ccncc8)[nH]7)CCNCC6)c4)CCO5)cccc3C2=O)C(=O)N1. The van der Waals surface area contributed by atoms with E-state index in [1.165, 1.54) is 4.90 Å². The number of hydrogen-bond donors (Lipinski definition) is 6. The van der Waals surface area contributed by atoms with Gasteiger partial charge < -0.3 is 50.1 Å². The van der Waals surface area contributed by atoms with Crippen molar-refractivity contribution in [2.75, 3.05) is 63.4 Å². The number of amides is 5. The number of imide groups is 1. The molecule has 5 aromatic rings. The van der Waals surface area contributed by atoms with Crippen LogP contribution in [0.3, 0.4) is 0 Å².